The highest BCUT2D eigenvalue weighted by molar-refractivity contribution is 5.96. The molecule has 1 rings (SSSR count). The quantitative estimate of drug-likeness (QED) is 0.683. The van der Waals surface area contributed by atoms with E-state index in [1.54, 1.807) is 7.05 Å². The van der Waals surface area contributed by atoms with E-state index in [1.807, 2.05) is 0 Å². The van der Waals surface area contributed by atoms with Gasteiger partial charge in [-0.15, -0.1) is 0 Å². The molecule has 0 fully saturated rings. The van der Waals surface area contributed by atoms with Crippen LogP contribution >= 0.6 is 0 Å². The van der Waals surface area contributed by atoms with Gasteiger partial charge in [0.2, 0.25) is 5.88 Å². The number of nitrogens with one attached hydrogen (secondary N) is 1. The summed E-state index contributed by atoms with van der Waals surface area (Å²) in [5.41, 5.74) is 0.297. The van der Waals surface area contributed by atoms with Crippen molar-refractivity contribution in [3.63, 3.8) is 0 Å². The van der Waals surface area contributed by atoms with E-state index in [-0.39, 0.29) is 11.7 Å². The van der Waals surface area contributed by atoms with Crippen LogP contribution in [0.25, 0.3) is 0 Å². The summed E-state index contributed by atoms with van der Waals surface area (Å²) in [6.45, 7) is 0.624. The van der Waals surface area contributed by atoms with E-state index >= 15 is 0 Å². The van der Waals surface area contributed by atoms with Crippen molar-refractivity contribution in [2.24, 2.45) is 0 Å². The first-order valence-electron chi connectivity index (χ1n) is 4.32. The number of ketones is 1. The van der Waals surface area contributed by atoms with Crippen LogP contribution < -0.4 is 10.1 Å². The van der Waals surface area contributed by atoms with E-state index in [9.17, 15) is 4.79 Å². The van der Waals surface area contributed by atoms with E-state index in [0.717, 1.165) is 0 Å². The number of Topliss-reactive ketones (excluding diaryl/α,β-unsaturated/α-hetero) is 1. The fourth-order valence-corrected chi connectivity index (χ4v) is 1.02. The Bertz CT molecular complexity index is 315. The van der Waals surface area contributed by atoms with Crippen molar-refractivity contribution in [2.45, 2.75) is 6.42 Å². The van der Waals surface area contributed by atoms with Crippen LogP contribution in [0.15, 0.2) is 12.4 Å². The second kappa shape index (κ2) is 5.29. The van der Waals surface area contributed by atoms with Gasteiger partial charge in [0, 0.05) is 25.4 Å². The molecule has 76 valence electrons. The van der Waals surface area contributed by atoms with Crippen LogP contribution in [-0.4, -0.2) is 36.5 Å². The van der Waals surface area contributed by atoms with Gasteiger partial charge in [-0.1, -0.05) is 0 Å². The molecule has 0 spiro atoms. The van der Waals surface area contributed by atoms with Gasteiger partial charge < -0.3 is 10.1 Å². The zero-order valence-corrected chi connectivity index (χ0v) is 8.28. The Kier molecular flexibility index (Phi) is 4.00. The van der Waals surface area contributed by atoms with Crippen molar-refractivity contribution in [3.05, 3.63) is 18.1 Å². The summed E-state index contributed by atoms with van der Waals surface area (Å²) >= 11 is 0. The molecule has 0 atom stereocenters. The minimum atomic E-state index is -0.0655. The molecule has 5 heteroatoms. The molecule has 1 N–H and O–H groups in total. The zero-order chi connectivity index (χ0) is 10.4. The summed E-state index contributed by atoms with van der Waals surface area (Å²) in [6, 6.07) is 0. The fraction of sp³-hybridized carbons (Fsp3) is 0.444. The number of ether oxygens (including phenoxy) is 1. The summed E-state index contributed by atoms with van der Waals surface area (Å²) in [4.78, 5) is 19.4. The molecular formula is C9H13N3O2. The number of rotatable bonds is 5. The largest absolute Gasteiger partial charge is 0.479 e. The highest BCUT2D eigenvalue weighted by Gasteiger charge is 2.13. The van der Waals surface area contributed by atoms with Crippen LogP contribution in [-0.2, 0) is 0 Å². The Morgan fingerprint density at radius 2 is 2.21 bits per heavy atom. The van der Waals surface area contributed by atoms with Gasteiger partial charge in [-0.25, -0.2) is 9.97 Å². The molecule has 0 aliphatic rings. The second-order valence-electron chi connectivity index (χ2n) is 2.69. The molecule has 0 bridgehead atoms. The zero-order valence-electron chi connectivity index (χ0n) is 8.28. The third kappa shape index (κ3) is 2.50. The van der Waals surface area contributed by atoms with Crippen LogP contribution in [0.3, 0.4) is 0 Å². The molecule has 1 heterocycles. The molecule has 0 saturated heterocycles. The Morgan fingerprint density at radius 1 is 1.50 bits per heavy atom. The Morgan fingerprint density at radius 3 is 2.86 bits per heavy atom. The third-order valence-corrected chi connectivity index (χ3v) is 1.72. The summed E-state index contributed by atoms with van der Waals surface area (Å²) in [5.74, 6) is 0.220. The summed E-state index contributed by atoms with van der Waals surface area (Å²) in [7, 11) is 3.26. The van der Waals surface area contributed by atoms with Crippen LogP contribution in [0.5, 0.6) is 5.88 Å². The van der Waals surface area contributed by atoms with Crippen LogP contribution in [0.1, 0.15) is 16.9 Å². The second-order valence-corrected chi connectivity index (χ2v) is 2.69. The molecule has 1 aromatic rings. The summed E-state index contributed by atoms with van der Waals surface area (Å²) < 4.78 is 4.93. The third-order valence-electron chi connectivity index (χ3n) is 1.72. The molecule has 0 unspecified atom stereocenters. The standard InChI is InChI=1S/C9H13N3O2/c1-10-4-3-7(13)8-9(14-2)12-6-5-11-8/h5-6,10H,3-4H2,1-2H3. The lowest BCUT2D eigenvalue weighted by Gasteiger charge is -2.03. The van der Waals surface area contributed by atoms with Gasteiger partial charge >= 0.3 is 0 Å². The molecule has 0 aromatic carbocycles. The van der Waals surface area contributed by atoms with Gasteiger partial charge in [0.05, 0.1) is 7.11 Å². The van der Waals surface area contributed by atoms with Gasteiger partial charge in [-0.3, -0.25) is 4.79 Å². The van der Waals surface area contributed by atoms with Gasteiger partial charge in [0.15, 0.2) is 11.5 Å². The highest BCUT2D eigenvalue weighted by atomic mass is 16.5. The Hall–Kier alpha value is -1.49. The Labute approximate surface area is 82.5 Å². The van der Waals surface area contributed by atoms with Crippen molar-refractivity contribution < 1.29 is 9.53 Å². The van der Waals surface area contributed by atoms with E-state index < -0.39 is 0 Å². The first-order chi connectivity index (χ1) is 6.79. The normalized spacial score (nSPS) is 9.86. The average Bonchev–Trinajstić information content (AvgIpc) is 2.25. The number of hydrogen-bond donors (Lipinski definition) is 1. The molecular weight excluding hydrogens is 182 g/mol. The fourth-order valence-electron chi connectivity index (χ4n) is 1.02. The van der Waals surface area contributed by atoms with Crippen LogP contribution in [0.2, 0.25) is 0 Å². The van der Waals surface area contributed by atoms with E-state index in [4.69, 9.17) is 4.74 Å². The number of methoxy groups -OCH3 is 1. The van der Waals surface area contributed by atoms with Crippen molar-refractivity contribution in [2.75, 3.05) is 20.7 Å². The SMILES string of the molecule is CNCCC(=O)c1nccnc1OC. The van der Waals surface area contributed by atoms with Crippen molar-refractivity contribution in [1.82, 2.24) is 15.3 Å². The van der Waals surface area contributed by atoms with Gasteiger partial charge in [-0.05, 0) is 7.05 Å². The molecule has 14 heavy (non-hydrogen) atoms. The topological polar surface area (TPSA) is 64.1 Å². The van der Waals surface area contributed by atoms with Gasteiger partial charge in [0.25, 0.3) is 0 Å². The Balaban J connectivity index is 2.78. The van der Waals surface area contributed by atoms with E-state index in [0.29, 0.717) is 18.7 Å². The van der Waals surface area contributed by atoms with Gasteiger partial charge in [0.1, 0.15) is 0 Å². The predicted octanol–water partition coefficient (Wildman–Crippen LogP) is 0.277. The molecule has 0 amide bonds. The maximum Gasteiger partial charge on any atom is 0.243 e. The van der Waals surface area contributed by atoms with Crippen LogP contribution in [0, 0.1) is 0 Å². The molecule has 0 aliphatic heterocycles. The predicted molar refractivity (Wildman–Crippen MR) is 51.5 cm³/mol. The average molecular weight is 195 g/mol. The molecule has 0 radical (unpaired) electrons. The number of carbonyl (C=O) groups excluding carboxylic acids is 1. The first kappa shape index (κ1) is 10.6. The number of aromatic nitrogens is 2. The van der Waals surface area contributed by atoms with Crippen molar-refractivity contribution in [3.8, 4) is 5.88 Å². The highest BCUT2D eigenvalue weighted by Crippen LogP contribution is 2.12. The van der Waals surface area contributed by atoms with Crippen molar-refractivity contribution in [1.29, 1.82) is 0 Å². The summed E-state index contributed by atoms with van der Waals surface area (Å²) in [5, 5.41) is 2.90. The molecule has 5 nitrogen and oxygen atoms in total. The smallest absolute Gasteiger partial charge is 0.243 e. The molecule has 0 saturated carbocycles. The lowest BCUT2D eigenvalue weighted by molar-refractivity contribution is 0.0974. The van der Waals surface area contributed by atoms with Crippen molar-refractivity contribution >= 4 is 5.78 Å². The maximum absolute atomic E-state index is 11.6. The number of carbonyl (C=O) groups is 1. The maximum atomic E-state index is 11.6. The first-order valence-corrected chi connectivity index (χ1v) is 4.32. The van der Waals surface area contributed by atoms with Gasteiger partial charge in [-0.2, -0.15) is 0 Å². The molecule has 0 aliphatic carbocycles. The van der Waals surface area contributed by atoms with E-state index in [1.165, 1.54) is 19.5 Å². The lowest BCUT2D eigenvalue weighted by atomic mass is 10.2. The summed E-state index contributed by atoms with van der Waals surface area (Å²) in [6.07, 6.45) is 3.37. The lowest BCUT2D eigenvalue weighted by Crippen LogP contribution is -2.15. The number of hydrogen-bond acceptors (Lipinski definition) is 5. The van der Waals surface area contributed by atoms with E-state index in [2.05, 4.69) is 15.3 Å². The monoisotopic (exact) mass is 195 g/mol. The minimum Gasteiger partial charge on any atom is -0.479 e. The number of nitrogens with zero attached hydrogens (tertiary/aromatic N) is 2. The minimum absolute atomic E-state index is 0.0655. The van der Waals surface area contributed by atoms with Crippen LogP contribution in [0.4, 0.5) is 0 Å². The molecule has 1 aromatic heterocycles.